The first-order valence-corrected chi connectivity index (χ1v) is 6.97. The highest BCUT2D eigenvalue weighted by molar-refractivity contribution is 5.99. The predicted octanol–water partition coefficient (Wildman–Crippen LogP) is 1.79. The molecule has 1 aromatic rings. The monoisotopic (exact) mass is 276 g/mol. The summed E-state index contributed by atoms with van der Waals surface area (Å²) in [4.78, 5) is 24.9. The molecule has 0 aliphatic carbocycles. The van der Waals surface area contributed by atoms with Gasteiger partial charge < -0.3 is 15.7 Å². The lowest BCUT2D eigenvalue weighted by molar-refractivity contribution is -0.119. The standard InChI is InChI=1S/C15H20N2O3/c1-2-3-4-12(16)14(18)17-8-7-10-9-11(15(19)20)5-6-13(10)17/h5-6,9,12H,2-4,7-8,16H2,1H3,(H,19,20)/t12-/m0/s1. The minimum absolute atomic E-state index is 0.0692. The lowest BCUT2D eigenvalue weighted by Crippen LogP contribution is -2.43. The first-order valence-electron chi connectivity index (χ1n) is 6.97. The number of benzene rings is 1. The van der Waals surface area contributed by atoms with Crippen LogP contribution >= 0.6 is 0 Å². The minimum Gasteiger partial charge on any atom is -0.478 e. The average molecular weight is 276 g/mol. The highest BCUT2D eigenvalue weighted by Crippen LogP contribution is 2.29. The summed E-state index contributed by atoms with van der Waals surface area (Å²) in [6.45, 7) is 2.65. The highest BCUT2D eigenvalue weighted by Gasteiger charge is 2.28. The number of nitrogens with two attached hydrogens (primary N) is 1. The van der Waals surface area contributed by atoms with Gasteiger partial charge in [-0.05, 0) is 36.6 Å². The summed E-state index contributed by atoms with van der Waals surface area (Å²) in [5.41, 5.74) is 7.89. The third-order valence-corrected chi connectivity index (χ3v) is 3.67. The molecule has 0 radical (unpaired) electrons. The number of amides is 1. The van der Waals surface area contributed by atoms with Crippen molar-refractivity contribution in [2.45, 2.75) is 38.6 Å². The maximum atomic E-state index is 12.3. The van der Waals surface area contributed by atoms with E-state index in [2.05, 4.69) is 6.92 Å². The fourth-order valence-corrected chi connectivity index (χ4v) is 2.51. The van der Waals surface area contributed by atoms with Gasteiger partial charge in [0.05, 0.1) is 11.6 Å². The van der Waals surface area contributed by atoms with Gasteiger partial charge in [0.15, 0.2) is 0 Å². The Kier molecular flexibility index (Phi) is 4.39. The predicted molar refractivity (Wildman–Crippen MR) is 77.0 cm³/mol. The van der Waals surface area contributed by atoms with Crippen LogP contribution in [0.25, 0.3) is 0 Å². The summed E-state index contributed by atoms with van der Waals surface area (Å²) < 4.78 is 0. The van der Waals surface area contributed by atoms with Gasteiger partial charge in [-0.15, -0.1) is 0 Å². The van der Waals surface area contributed by atoms with Gasteiger partial charge in [0, 0.05) is 12.2 Å². The maximum absolute atomic E-state index is 12.3. The second-order valence-electron chi connectivity index (χ2n) is 5.14. The van der Waals surface area contributed by atoms with Gasteiger partial charge in [0.25, 0.3) is 0 Å². The molecule has 20 heavy (non-hydrogen) atoms. The second kappa shape index (κ2) is 6.05. The maximum Gasteiger partial charge on any atom is 0.335 e. The van der Waals surface area contributed by atoms with E-state index in [1.54, 1.807) is 17.0 Å². The van der Waals surface area contributed by atoms with Crippen LogP contribution in [0.2, 0.25) is 0 Å². The molecule has 1 aliphatic rings. The smallest absolute Gasteiger partial charge is 0.335 e. The summed E-state index contributed by atoms with van der Waals surface area (Å²) in [5, 5.41) is 8.98. The molecule has 1 amide bonds. The third-order valence-electron chi connectivity index (χ3n) is 3.67. The molecule has 0 saturated carbocycles. The molecule has 2 rings (SSSR count). The second-order valence-corrected chi connectivity index (χ2v) is 5.14. The lowest BCUT2D eigenvalue weighted by atomic mass is 10.1. The Morgan fingerprint density at radius 2 is 2.20 bits per heavy atom. The number of unbranched alkanes of at least 4 members (excludes halogenated alkanes) is 1. The van der Waals surface area contributed by atoms with Crippen LogP contribution in [-0.2, 0) is 11.2 Å². The van der Waals surface area contributed by atoms with Crippen molar-refractivity contribution in [2.24, 2.45) is 5.73 Å². The molecule has 3 N–H and O–H groups in total. The highest BCUT2D eigenvalue weighted by atomic mass is 16.4. The molecule has 1 heterocycles. The largest absolute Gasteiger partial charge is 0.478 e. The van der Waals surface area contributed by atoms with Crippen molar-refractivity contribution in [2.75, 3.05) is 11.4 Å². The van der Waals surface area contributed by atoms with E-state index >= 15 is 0 Å². The van der Waals surface area contributed by atoms with E-state index in [1.807, 2.05) is 0 Å². The van der Waals surface area contributed by atoms with Crippen molar-refractivity contribution < 1.29 is 14.7 Å². The van der Waals surface area contributed by atoms with Crippen LogP contribution in [0, 0.1) is 0 Å². The van der Waals surface area contributed by atoms with Crippen LogP contribution in [0.15, 0.2) is 18.2 Å². The molecule has 1 aromatic carbocycles. The van der Waals surface area contributed by atoms with Crippen molar-refractivity contribution in [1.29, 1.82) is 0 Å². The van der Waals surface area contributed by atoms with E-state index in [1.165, 1.54) is 6.07 Å². The Balaban J connectivity index is 2.15. The first kappa shape index (κ1) is 14.5. The third kappa shape index (κ3) is 2.82. The van der Waals surface area contributed by atoms with Gasteiger partial charge in [0.2, 0.25) is 5.91 Å². The van der Waals surface area contributed by atoms with Crippen LogP contribution < -0.4 is 10.6 Å². The fourth-order valence-electron chi connectivity index (χ4n) is 2.51. The normalized spacial score (nSPS) is 15.0. The van der Waals surface area contributed by atoms with E-state index < -0.39 is 12.0 Å². The molecule has 1 atom stereocenters. The van der Waals surface area contributed by atoms with Crippen LogP contribution in [0.1, 0.15) is 42.1 Å². The summed E-state index contributed by atoms with van der Waals surface area (Å²) in [5.74, 6) is -1.02. The number of hydrogen-bond acceptors (Lipinski definition) is 3. The van der Waals surface area contributed by atoms with E-state index in [0.717, 1.165) is 24.1 Å². The Morgan fingerprint density at radius 1 is 1.45 bits per heavy atom. The molecule has 0 spiro atoms. The van der Waals surface area contributed by atoms with Crippen molar-refractivity contribution >= 4 is 17.6 Å². The molecule has 0 aromatic heterocycles. The minimum atomic E-state index is -0.947. The quantitative estimate of drug-likeness (QED) is 0.858. The van der Waals surface area contributed by atoms with Gasteiger partial charge >= 0.3 is 5.97 Å². The topological polar surface area (TPSA) is 83.6 Å². The van der Waals surface area contributed by atoms with E-state index in [9.17, 15) is 9.59 Å². The first-order chi connectivity index (χ1) is 9.54. The number of rotatable bonds is 5. The Labute approximate surface area is 118 Å². The molecule has 0 saturated heterocycles. The molecule has 0 unspecified atom stereocenters. The van der Waals surface area contributed by atoms with Crippen LogP contribution in [0.5, 0.6) is 0 Å². The number of carboxylic acid groups (broad SMARTS) is 1. The number of carbonyl (C=O) groups is 2. The Bertz CT molecular complexity index is 528. The molecule has 0 fully saturated rings. The number of nitrogens with zero attached hydrogens (tertiary/aromatic N) is 1. The summed E-state index contributed by atoms with van der Waals surface area (Å²) in [7, 11) is 0. The number of aromatic carboxylic acids is 1. The van der Waals surface area contributed by atoms with Crippen LogP contribution in [0.3, 0.4) is 0 Å². The van der Waals surface area contributed by atoms with Gasteiger partial charge in [-0.3, -0.25) is 4.79 Å². The number of fused-ring (bicyclic) bond motifs is 1. The SMILES string of the molecule is CCCC[C@H](N)C(=O)N1CCc2cc(C(=O)O)ccc21. The van der Waals surface area contributed by atoms with E-state index in [4.69, 9.17) is 10.8 Å². The average Bonchev–Trinajstić information content (AvgIpc) is 2.86. The van der Waals surface area contributed by atoms with Crippen molar-refractivity contribution in [3.8, 4) is 0 Å². The summed E-state index contributed by atoms with van der Waals surface area (Å²) >= 11 is 0. The molecular weight excluding hydrogens is 256 g/mol. The molecule has 5 heteroatoms. The zero-order chi connectivity index (χ0) is 14.7. The number of carbonyl (C=O) groups excluding carboxylic acids is 1. The van der Waals surface area contributed by atoms with Crippen molar-refractivity contribution in [1.82, 2.24) is 0 Å². The van der Waals surface area contributed by atoms with Gasteiger partial charge in [0.1, 0.15) is 0 Å². The lowest BCUT2D eigenvalue weighted by Gasteiger charge is -2.21. The zero-order valence-corrected chi connectivity index (χ0v) is 11.6. The molecule has 1 aliphatic heterocycles. The number of hydrogen-bond donors (Lipinski definition) is 2. The van der Waals surface area contributed by atoms with Gasteiger partial charge in [-0.25, -0.2) is 4.79 Å². The van der Waals surface area contributed by atoms with Crippen LogP contribution in [-0.4, -0.2) is 29.6 Å². The van der Waals surface area contributed by atoms with Gasteiger partial charge in [-0.2, -0.15) is 0 Å². The van der Waals surface area contributed by atoms with E-state index in [0.29, 0.717) is 19.4 Å². The molecule has 0 bridgehead atoms. The van der Waals surface area contributed by atoms with E-state index in [-0.39, 0.29) is 11.5 Å². The van der Waals surface area contributed by atoms with Crippen molar-refractivity contribution in [3.63, 3.8) is 0 Å². The Hall–Kier alpha value is -1.88. The molecule has 5 nitrogen and oxygen atoms in total. The molecular formula is C15H20N2O3. The fraction of sp³-hybridized carbons (Fsp3) is 0.467. The van der Waals surface area contributed by atoms with Crippen molar-refractivity contribution in [3.05, 3.63) is 29.3 Å². The number of carboxylic acids is 1. The zero-order valence-electron chi connectivity index (χ0n) is 11.6. The van der Waals surface area contributed by atoms with Crippen LogP contribution in [0.4, 0.5) is 5.69 Å². The number of anilines is 1. The Morgan fingerprint density at radius 3 is 2.85 bits per heavy atom. The summed E-state index contributed by atoms with van der Waals surface area (Å²) in [6, 6.07) is 4.41. The summed E-state index contributed by atoms with van der Waals surface area (Å²) in [6.07, 6.45) is 3.32. The molecule has 108 valence electrons. The van der Waals surface area contributed by atoms with Gasteiger partial charge in [-0.1, -0.05) is 19.8 Å².